The number of nitrogens with one attached hydrogen (secondary N) is 1. The number of nitrogens with zero attached hydrogens (tertiary/aromatic N) is 1. The summed E-state index contributed by atoms with van der Waals surface area (Å²) in [5.41, 5.74) is -1.75. The zero-order valence-electron chi connectivity index (χ0n) is 22.8. The van der Waals surface area contributed by atoms with E-state index in [1.165, 1.54) is 0 Å². The van der Waals surface area contributed by atoms with E-state index in [0.29, 0.717) is 17.5 Å². The van der Waals surface area contributed by atoms with E-state index in [2.05, 4.69) is 5.32 Å². The number of carbonyl (C=O) groups is 5. The minimum Gasteiger partial charge on any atom is -0.479 e. The molecular weight excluding hydrogens is 520 g/mol. The second-order valence-electron chi connectivity index (χ2n) is 10.4. The standard InChI is InChI=1S/C29H34N2O9/c1-28(2,3)40-27(37)31-16-10-15-29(31,25(34)35)17-22(30-26(36)39-18-20-11-6-4-7-12-20)24(33)38-19-23(32)21-13-8-5-9-14-21/h4-9,11-14,22H,10,15-19H2,1-3H3,(H,30,36)(H,34,35)/t22-,29+/m0/s1. The quantitative estimate of drug-likeness (QED) is 0.253. The van der Waals surface area contributed by atoms with Crippen molar-refractivity contribution in [2.24, 2.45) is 0 Å². The Bertz CT molecular complexity index is 1210. The van der Waals surface area contributed by atoms with Gasteiger partial charge in [0.15, 0.2) is 12.4 Å². The van der Waals surface area contributed by atoms with Crippen LogP contribution in [-0.2, 0) is 30.4 Å². The van der Waals surface area contributed by atoms with E-state index in [4.69, 9.17) is 14.2 Å². The Balaban J connectivity index is 1.80. The number of hydrogen-bond acceptors (Lipinski definition) is 8. The summed E-state index contributed by atoms with van der Waals surface area (Å²) in [4.78, 5) is 65.0. The largest absolute Gasteiger partial charge is 0.479 e. The number of amides is 2. The van der Waals surface area contributed by atoms with Crippen LogP contribution in [0, 0.1) is 0 Å². The number of ketones is 1. The Kier molecular flexibility index (Phi) is 9.87. The first-order chi connectivity index (χ1) is 18.9. The number of likely N-dealkylation sites (tertiary alicyclic amines) is 1. The van der Waals surface area contributed by atoms with Crippen molar-refractivity contribution >= 4 is 29.9 Å². The number of Topliss-reactive ketones (excluding diaryl/α,β-unsaturated/α-hetero) is 1. The fourth-order valence-electron chi connectivity index (χ4n) is 4.37. The van der Waals surface area contributed by atoms with Crippen LogP contribution < -0.4 is 5.32 Å². The van der Waals surface area contributed by atoms with Crippen LogP contribution in [-0.4, -0.2) is 70.2 Å². The van der Waals surface area contributed by atoms with Crippen LogP contribution in [0.15, 0.2) is 60.7 Å². The van der Waals surface area contributed by atoms with Gasteiger partial charge in [-0.3, -0.25) is 9.69 Å². The number of ether oxygens (including phenoxy) is 3. The third-order valence-corrected chi connectivity index (χ3v) is 6.27. The normalized spacial score (nSPS) is 17.4. The summed E-state index contributed by atoms with van der Waals surface area (Å²) >= 11 is 0. The Labute approximate surface area is 232 Å². The summed E-state index contributed by atoms with van der Waals surface area (Å²) in [5, 5.41) is 12.6. The van der Waals surface area contributed by atoms with Gasteiger partial charge in [0.25, 0.3) is 0 Å². The lowest BCUT2D eigenvalue weighted by Crippen LogP contribution is -2.58. The van der Waals surface area contributed by atoms with Crippen molar-refractivity contribution in [2.75, 3.05) is 13.2 Å². The van der Waals surface area contributed by atoms with E-state index >= 15 is 0 Å². The number of carbonyl (C=O) groups excluding carboxylic acids is 4. The van der Waals surface area contributed by atoms with Crippen LogP contribution in [0.5, 0.6) is 0 Å². The third kappa shape index (κ3) is 8.05. The molecule has 0 aromatic heterocycles. The Morgan fingerprint density at radius 1 is 0.975 bits per heavy atom. The molecule has 0 unspecified atom stereocenters. The van der Waals surface area contributed by atoms with Crippen molar-refractivity contribution in [3.8, 4) is 0 Å². The van der Waals surface area contributed by atoms with Gasteiger partial charge in [-0.05, 0) is 39.2 Å². The van der Waals surface area contributed by atoms with E-state index in [0.717, 1.165) is 4.90 Å². The van der Waals surface area contributed by atoms with Gasteiger partial charge < -0.3 is 24.6 Å². The lowest BCUT2D eigenvalue weighted by Gasteiger charge is -2.37. The molecule has 0 spiro atoms. The summed E-state index contributed by atoms with van der Waals surface area (Å²) in [6.07, 6.45) is -2.04. The van der Waals surface area contributed by atoms with Gasteiger partial charge in [0.1, 0.15) is 23.8 Å². The monoisotopic (exact) mass is 554 g/mol. The number of alkyl carbamates (subject to hydrolysis) is 1. The average molecular weight is 555 g/mol. The molecule has 3 rings (SSSR count). The van der Waals surface area contributed by atoms with Crippen molar-refractivity contribution in [1.29, 1.82) is 0 Å². The SMILES string of the molecule is CC(C)(C)OC(=O)N1CCC[C@@]1(C[C@H](NC(=O)OCc1ccccc1)C(=O)OCC(=O)c1ccccc1)C(=O)O. The van der Waals surface area contributed by atoms with E-state index in [-0.39, 0.29) is 19.6 Å². The number of benzene rings is 2. The maximum absolute atomic E-state index is 13.2. The van der Waals surface area contributed by atoms with Gasteiger partial charge in [-0.1, -0.05) is 60.7 Å². The highest BCUT2D eigenvalue weighted by atomic mass is 16.6. The molecule has 2 aromatic carbocycles. The van der Waals surface area contributed by atoms with E-state index in [9.17, 15) is 29.1 Å². The first kappa shape index (κ1) is 30.1. The third-order valence-electron chi connectivity index (χ3n) is 6.27. The number of rotatable bonds is 10. The van der Waals surface area contributed by atoms with Gasteiger partial charge in [0.2, 0.25) is 0 Å². The van der Waals surface area contributed by atoms with Crippen molar-refractivity contribution in [3.05, 3.63) is 71.8 Å². The lowest BCUT2D eigenvalue weighted by molar-refractivity contribution is -0.153. The van der Waals surface area contributed by atoms with Gasteiger partial charge in [0, 0.05) is 18.5 Å². The maximum Gasteiger partial charge on any atom is 0.411 e. The summed E-state index contributed by atoms with van der Waals surface area (Å²) < 4.78 is 15.8. The van der Waals surface area contributed by atoms with Crippen LogP contribution in [0.25, 0.3) is 0 Å². The van der Waals surface area contributed by atoms with Gasteiger partial charge >= 0.3 is 24.1 Å². The molecule has 2 N–H and O–H groups in total. The molecule has 1 aliphatic rings. The second kappa shape index (κ2) is 13.1. The number of hydrogen-bond donors (Lipinski definition) is 2. The van der Waals surface area contributed by atoms with Crippen LogP contribution in [0.3, 0.4) is 0 Å². The molecule has 1 heterocycles. The highest BCUT2D eigenvalue weighted by Crippen LogP contribution is 2.35. The second-order valence-corrected chi connectivity index (χ2v) is 10.4. The molecule has 11 nitrogen and oxygen atoms in total. The van der Waals surface area contributed by atoms with Crippen molar-refractivity contribution in [1.82, 2.24) is 10.2 Å². The molecule has 11 heteroatoms. The molecule has 0 radical (unpaired) electrons. The minimum atomic E-state index is -1.87. The molecule has 214 valence electrons. The maximum atomic E-state index is 13.2. The van der Waals surface area contributed by atoms with Gasteiger partial charge in [0.05, 0.1) is 0 Å². The highest BCUT2D eigenvalue weighted by molar-refractivity contribution is 5.98. The lowest BCUT2D eigenvalue weighted by atomic mass is 9.88. The minimum absolute atomic E-state index is 0.00897. The topological polar surface area (TPSA) is 149 Å². The van der Waals surface area contributed by atoms with Crippen LogP contribution in [0.1, 0.15) is 56.0 Å². The van der Waals surface area contributed by atoms with Crippen LogP contribution in [0.4, 0.5) is 9.59 Å². The highest BCUT2D eigenvalue weighted by Gasteiger charge is 2.53. The fraction of sp³-hybridized carbons (Fsp3) is 0.414. The molecule has 2 aromatic rings. The molecule has 2 atom stereocenters. The van der Waals surface area contributed by atoms with Crippen molar-refractivity contribution < 1.29 is 43.3 Å². The number of carboxylic acids is 1. The fourth-order valence-corrected chi connectivity index (χ4v) is 4.37. The van der Waals surface area contributed by atoms with Crippen LogP contribution >= 0.6 is 0 Å². The van der Waals surface area contributed by atoms with Crippen molar-refractivity contribution in [3.63, 3.8) is 0 Å². The molecule has 0 aliphatic carbocycles. The zero-order valence-corrected chi connectivity index (χ0v) is 22.8. The molecule has 0 bridgehead atoms. The predicted octanol–water partition coefficient (Wildman–Crippen LogP) is 3.95. The molecule has 1 saturated heterocycles. The average Bonchev–Trinajstić information content (AvgIpc) is 3.35. The zero-order chi connectivity index (χ0) is 29.3. The van der Waals surface area contributed by atoms with E-state index in [1.54, 1.807) is 81.4 Å². The molecule has 2 amide bonds. The van der Waals surface area contributed by atoms with E-state index in [1.807, 2.05) is 0 Å². The molecule has 0 saturated carbocycles. The Hall–Kier alpha value is -4.41. The van der Waals surface area contributed by atoms with Gasteiger partial charge in [-0.15, -0.1) is 0 Å². The van der Waals surface area contributed by atoms with Gasteiger partial charge in [-0.25, -0.2) is 19.2 Å². The van der Waals surface area contributed by atoms with E-state index < -0.39 is 60.1 Å². The number of aliphatic carboxylic acids is 1. The molecule has 1 fully saturated rings. The first-order valence-corrected chi connectivity index (χ1v) is 12.9. The predicted molar refractivity (Wildman–Crippen MR) is 142 cm³/mol. The summed E-state index contributed by atoms with van der Waals surface area (Å²) in [6.45, 7) is 4.30. The molecule has 40 heavy (non-hydrogen) atoms. The molecular formula is C29H34N2O9. The summed E-state index contributed by atoms with van der Waals surface area (Å²) in [6, 6.07) is 15.4. The Morgan fingerprint density at radius 2 is 1.60 bits per heavy atom. The van der Waals surface area contributed by atoms with Crippen molar-refractivity contribution in [2.45, 2.75) is 63.8 Å². The smallest absolute Gasteiger partial charge is 0.411 e. The summed E-state index contributed by atoms with van der Waals surface area (Å²) in [7, 11) is 0. The molecule has 1 aliphatic heterocycles. The summed E-state index contributed by atoms with van der Waals surface area (Å²) in [5.74, 6) is -2.89. The number of carboxylic acid groups (broad SMARTS) is 1. The van der Waals surface area contributed by atoms with Gasteiger partial charge in [-0.2, -0.15) is 0 Å². The Morgan fingerprint density at radius 3 is 2.20 bits per heavy atom. The van der Waals surface area contributed by atoms with Crippen LogP contribution in [0.2, 0.25) is 0 Å². The number of esters is 1. The first-order valence-electron chi connectivity index (χ1n) is 12.9.